The summed E-state index contributed by atoms with van der Waals surface area (Å²) in [6.45, 7) is 0. The third-order valence-corrected chi connectivity index (χ3v) is 1.94. The first-order valence-electron chi connectivity index (χ1n) is 2.62. The van der Waals surface area contributed by atoms with Crippen molar-refractivity contribution in [2.75, 3.05) is 0 Å². The summed E-state index contributed by atoms with van der Waals surface area (Å²) in [5, 5.41) is 0.608. The van der Waals surface area contributed by atoms with Crippen LogP contribution in [-0.4, -0.2) is 10.2 Å². The van der Waals surface area contributed by atoms with Gasteiger partial charge in [-0.15, -0.1) is 0 Å². The van der Waals surface area contributed by atoms with E-state index >= 15 is 0 Å². The molecule has 0 nitrogen and oxygen atoms in total. The average Bonchev–Trinajstić information content (AvgIpc) is 1.80. The normalized spacial score (nSPS) is 10.0. The highest BCUT2D eigenvalue weighted by atomic mass is 28.1. The summed E-state index contributed by atoms with van der Waals surface area (Å²) in [7, 11) is 0.632. The maximum Gasteiger partial charge on any atom is 0.126 e. The fourth-order valence-electron chi connectivity index (χ4n) is 0.567. The van der Waals surface area contributed by atoms with Crippen LogP contribution in [0.2, 0.25) is 0 Å². The van der Waals surface area contributed by atoms with E-state index in [9.17, 15) is 8.78 Å². The third kappa shape index (κ3) is 1.35. The Morgan fingerprint density at radius 2 is 1.89 bits per heavy atom. The Hall–Kier alpha value is -0.703. The van der Waals surface area contributed by atoms with E-state index in [0.717, 1.165) is 6.07 Å². The van der Waals surface area contributed by atoms with Crippen molar-refractivity contribution < 1.29 is 8.78 Å². The van der Waals surface area contributed by atoms with E-state index in [0.29, 0.717) is 15.4 Å². The number of rotatable bonds is 0. The molecule has 1 rings (SSSR count). The van der Waals surface area contributed by atoms with E-state index in [2.05, 4.69) is 0 Å². The van der Waals surface area contributed by atoms with Gasteiger partial charge in [0.2, 0.25) is 0 Å². The highest BCUT2D eigenvalue weighted by molar-refractivity contribution is 6.32. The van der Waals surface area contributed by atoms with Gasteiger partial charge in [0.15, 0.2) is 0 Å². The van der Waals surface area contributed by atoms with Crippen LogP contribution in [0, 0.1) is 11.6 Å². The van der Waals surface area contributed by atoms with Crippen molar-refractivity contribution in [3.05, 3.63) is 29.8 Å². The molecule has 0 aliphatic rings. The average molecular weight is 144 g/mol. The number of hydrogen-bond acceptors (Lipinski definition) is 0. The van der Waals surface area contributed by atoms with E-state index in [4.69, 9.17) is 0 Å². The standard InChI is InChI=1S/C6H6F2Si/c7-4-1-2-6(9)5(8)3-4/h1-3H,9H3. The number of halogens is 2. The molecule has 0 radical (unpaired) electrons. The molecule has 0 saturated heterocycles. The summed E-state index contributed by atoms with van der Waals surface area (Å²) in [4.78, 5) is 0. The molecule has 0 atom stereocenters. The SMILES string of the molecule is Fc1ccc([SiH3])c(F)c1. The zero-order valence-electron chi connectivity index (χ0n) is 4.99. The highest BCUT2D eigenvalue weighted by Crippen LogP contribution is 1.96. The highest BCUT2D eigenvalue weighted by Gasteiger charge is 1.95. The van der Waals surface area contributed by atoms with Crippen molar-refractivity contribution in [1.29, 1.82) is 0 Å². The fourth-order valence-corrected chi connectivity index (χ4v) is 0.878. The predicted molar refractivity (Wildman–Crippen MR) is 35.9 cm³/mol. The molecule has 0 saturated carbocycles. The van der Waals surface area contributed by atoms with Crippen LogP contribution in [0.1, 0.15) is 0 Å². The lowest BCUT2D eigenvalue weighted by molar-refractivity contribution is 0.588. The molecular formula is C6H6F2Si. The molecule has 0 aromatic heterocycles. The first-order chi connectivity index (χ1) is 4.20. The topological polar surface area (TPSA) is 0 Å². The monoisotopic (exact) mass is 144 g/mol. The van der Waals surface area contributed by atoms with Crippen molar-refractivity contribution in [1.82, 2.24) is 0 Å². The van der Waals surface area contributed by atoms with Gasteiger partial charge in [-0.3, -0.25) is 0 Å². The zero-order valence-corrected chi connectivity index (χ0v) is 6.99. The lowest BCUT2D eigenvalue weighted by Crippen LogP contribution is -2.07. The Balaban J connectivity index is 3.17. The second-order valence-corrected chi connectivity index (χ2v) is 2.97. The molecule has 0 spiro atoms. The molecule has 0 heterocycles. The molecule has 3 heteroatoms. The van der Waals surface area contributed by atoms with E-state index in [1.807, 2.05) is 0 Å². The third-order valence-electron chi connectivity index (χ3n) is 1.13. The van der Waals surface area contributed by atoms with Crippen molar-refractivity contribution >= 4 is 15.4 Å². The Morgan fingerprint density at radius 1 is 1.22 bits per heavy atom. The summed E-state index contributed by atoms with van der Waals surface area (Å²) in [5.74, 6) is -0.936. The molecule has 1 aromatic rings. The molecule has 1 aromatic carbocycles. The summed E-state index contributed by atoms with van der Waals surface area (Å²) >= 11 is 0. The maximum absolute atomic E-state index is 12.4. The minimum atomic E-state index is -0.507. The largest absolute Gasteiger partial charge is 0.207 e. The number of benzene rings is 1. The van der Waals surface area contributed by atoms with Crippen LogP contribution in [0.5, 0.6) is 0 Å². The van der Waals surface area contributed by atoms with Crippen molar-refractivity contribution in [3.63, 3.8) is 0 Å². The van der Waals surface area contributed by atoms with Crippen LogP contribution in [0.4, 0.5) is 8.78 Å². The number of hydrogen-bond donors (Lipinski definition) is 0. The van der Waals surface area contributed by atoms with Crippen LogP contribution in [0.25, 0.3) is 0 Å². The smallest absolute Gasteiger partial charge is 0.126 e. The first-order valence-corrected chi connectivity index (χ1v) is 3.62. The van der Waals surface area contributed by atoms with Gasteiger partial charge in [-0.2, -0.15) is 0 Å². The van der Waals surface area contributed by atoms with Gasteiger partial charge in [-0.25, -0.2) is 8.78 Å². The summed E-state index contributed by atoms with van der Waals surface area (Å²) in [6, 6.07) is 3.64. The first kappa shape index (κ1) is 6.42. The quantitative estimate of drug-likeness (QED) is 0.448. The van der Waals surface area contributed by atoms with E-state index in [-0.39, 0.29) is 0 Å². The lowest BCUT2D eigenvalue weighted by atomic mass is 10.3. The van der Waals surface area contributed by atoms with Gasteiger partial charge in [-0.1, -0.05) is 6.07 Å². The van der Waals surface area contributed by atoms with Gasteiger partial charge in [0.25, 0.3) is 0 Å². The van der Waals surface area contributed by atoms with Crippen molar-refractivity contribution in [3.8, 4) is 0 Å². The molecule has 0 bridgehead atoms. The summed E-state index contributed by atoms with van der Waals surface area (Å²) in [6.07, 6.45) is 0. The maximum atomic E-state index is 12.4. The van der Waals surface area contributed by atoms with E-state index in [1.54, 1.807) is 0 Å². The second kappa shape index (κ2) is 2.27. The van der Waals surface area contributed by atoms with Gasteiger partial charge in [-0.05, 0) is 11.3 Å². The minimum Gasteiger partial charge on any atom is -0.207 e. The molecule has 9 heavy (non-hydrogen) atoms. The van der Waals surface area contributed by atoms with Crippen LogP contribution in [0.3, 0.4) is 0 Å². The van der Waals surface area contributed by atoms with Gasteiger partial charge >= 0.3 is 0 Å². The Morgan fingerprint density at radius 3 is 2.33 bits per heavy atom. The van der Waals surface area contributed by atoms with Crippen molar-refractivity contribution in [2.45, 2.75) is 0 Å². The Labute approximate surface area is 54.9 Å². The summed E-state index contributed by atoms with van der Waals surface area (Å²) < 4.78 is 24.5. The van der Waals surface area contributed by atoms with Gasteiger partial charge in [0.1, 0.15) is 11.6 Å². The van der Waals surface area contributed by atoms with Gasteiger partial charge in [0, 0.05) is 16.3 Å². The lowest BCUT2D eigenvalue weighted by Gasteiger charge is -1.92. The van der Waals surface area contributed by atoms with E-state index < -0.39 is 11.6 Å². The molecule has 0 unspecified atom stereocenters. The second-order valence-electron chi connectivity index (χ2n) is 1.89. The van der Waals surface area contributed by atoms with Crippen molar-refractivity contribution in [2.24, 2.45) is 0 Å². The van der Waals surface area contributed by atoms with Gasteiger partial charge < -0.3 is 0 Å². The van der Waals surface area contributed by atoms with Crippen LogP contribution < -0.4 is 5.19 Å². The Kier molecular flexibility index (Phi) is 1.62. The van der Waals surface area contributed by atoms with Crippen LogP contribution in [0.15, 0.2) is 18.2 Å². The van der Waals surface area contributed by atoms with Gasteiger partial charge in [0.05, 0.1) is 0 Å². The zero-order chi connectivity index (χ0) is 6.85. The molecule has 48 valence electrons. The minimum absolute atomic E-state index is 0.429. The van der Waals surface area contributed by atoms with Crippen LogP contribution >= 0.6 is 0 Å². The molecule has 0 N–H and O–H groups in total. The van der Waals surface area contributed by atoms with E-state index in [1.165, 1.54) is 12.1 Å². The predicted octanol–water partition coefficient (Wildman–Crippen LogP) is -0.0445. The molecule has 0 aliphatic carbocycles. The summed E-state index contributed by atoms with van der Waals surface area (Å²) in [5.41, 5.74) is 0. The van der Waals surface area contributed by atoms with Crippen LogP contribution in [-0.2, 0) is 0 Å². The molecule has 0 amide bonds. The molecular weight excluding hydrogens is 138 g/mol. The molecule has 0 aliphatic heterocycles. The fraction of sp³-hybridized carbons (Fsp3) is 0. The molecule has 0 fully saturated rings. The Bertz CT molecular complexity index is 222.